The second-order valence-electron chi connectivity index (χ2n) is 5.45. The van der Waals surface area contributed by atoms with Crippen LogP contribution in [0.1, 0.15) is 5.69 Å². The van der Waals surface area contributed by atoms with Crippen molar-refractivity contribution in [2.24, 2.45) is 16.8 Å². The number of halogens is 2. The molecule has 1 aromatic heterocycles. The maximum absolute atomic E-state index is 13.2. The molecule has 0 spiro atoms. The summed E-state index contributed by atoms with van der Waals surface area (Å²) >= 11 is 0. The number of nitrogens with one attached hydrogen (secondary N) is 1. The van der Waals surface area contributed by atoms with Gasteiger partial charge in [-0.1, -0.05) is 6.07 Å². The molecule has 0 bridgehead atoms. The quantitative estimate of drug-likeness (QED) is 0.846. The molecule has 1 saturated heterocycles. The number of alkyl halides is 2. The molecule has 0 aromatic carbocycles. The third-order valence-electron chi connectivity index (χ3n) is 4.28. The maximum Gasteiger partial charge on any atom is 0.258 e. The van der Waals surface area contributed by atoms with Crippen LogP contribution in [0.25, 0.3) is 5.70 Å². The fourth-order valence-electron chi connectivity index (χ4n) is 3.00. The molecule has 2 aliphatic heterocycles. The molecule has 20 heavy (non-hydrogen) atoms. The van der Waals surface area contributed by atoms with Gasteiger partial charge in [-0.3, -0.25) is 4.98 Å². The Bertz CT molecular complexity index is 582. The molecule has 3 aliphatic rings. The van der Waals surface area contributed by atoms with Crippen LogP contribution < -0.4 is 5.32 Å². The minimum atomic E-state index is -2.44. The van der Waals surface area contributed by atoms with Crippen molar-refractivity contribution in [1.82, 2.24) is 15.2 Å². The van der Waals surface area contributed by atoms with E-state index >= 15 is 0 Å². The minimum absolute atomic E-state index is 0.422. The zero-order valence-corrected chi connectivity index (χ0v) is 10.8. The summed E-state index contributed by atoms with van der Waals surface area (Å²) in [5.41, 5.74) is 1.70. The van der Waals surface area contributed by atoms with Crippen LogP contribution in [0.5, 0.6) is 0 Å². The number of hydrogen-bond donors (Lipinski definition) is 1. The molecule has 1 aromatic rings. The second kappa shape index (κ2) is 4.01. The average molecular weight is 276 g/mol. The van der Waals surface area contributed by atoms with Crippen LogP contribution in [0.3, 0.4) is 0 Å². The summed E-state index contributed by atoms with van der Waals surface area (Å²) in [4.78, 5) is 10.6. The SMILES string of the molecule is FC1(F)C2CN(C3=NC=C(c4ccccn4)NC3)CC21. The van der Waals surface area contributed by atoms with Gasteiger partial charge in [0.2, 0.25) is 0 Å². The number of rotatable bonds is 1. The Kier molecular flexibility index (Phi) is 2.37. The molecule has 2 unspecified atom stereocenters. The lowest BCUT2D eigenvalue weighted by atomic mass is 10.2. The van der Waals surface area contributed by atoms with E-state index in [2.05, 4.69) is 15.3 Å². The van der Waals surface area contributed by atoms with Gasteiger partial charge >= 0.3 is 0 Å². The Morgan fingerprint density at radius 1 is 1.25 bits per heavy atom. The lowest BCUT2D eigenvalue weighted by Gasteiger charge is -2.26. The van der Waals surface area contributed by atoms with E-state index in [1.807, 2.05) is 23.1 Å². The van der Waals surface area contributed by atoms with Gasteiger partial charge in [0.15, 0.2) is 0 Å². The van der Waals surface area contributed by atoms with Gasteiger partial charge in [0.1, 0.15) is 5.84 Å². The average Bonchev–Trinajstić information content (AvgIpc) is 2.85. The third-order valence-corrected chi connectivity index (χ3v) is 4.28. The molecule has 1 N–H and O–H groups in total. The molecular formula is C14H14F2N4. The van der Waals surface area contributed by atoms with Crippen molar-refractivity contribution in [3.05, 3.63) is 36.3 Å². The molecule has 3 heterocycles. The normalized spacial score (nSPS) is 30.2. The zero-order chi connectivity index (χ0) is 13.7. The Hall–Kier alpha value is -1.98. The van der Waals surface area contributed by atoms with Gasteiger partial charge < -0.3 is 10.2 Å². The lowest BCUT2D eigenvalue weighted by molar-refractivity contribution is 0.0643. The predicted octanol–water partition coefficient (Wildman–Crippen LogP) is 1.58. The number of likely N-dealkylation sites (tertiary alicyclic amines) is 1. The fourth-order valence-corrected chi connectivity index (χ4v) is 3.00. The summed E-state index contributed by atoms with van der Waals surface area (Å²) in [6.07, 6.45) is 3.45. The van der Waals surface area contributed by atoms with Crippen molar-refractivity contribution < 1.29 is 8.78 Å². The molecule has 1 aliphatic carbocycles. The monoisotopic (exact) mass is 276 g/mol. The van der Waals surface area contributed by atoms with Crippen LogP contribution in [0.2, 0.25) is 0 Å². The number of nitrogens with zero attached hydrogens (tertiary/aromatic N) is 3. The van der Waals surface area contributed by atoms with Gasteiger partial charge in [0.25, 0.3) is 5.92 Å². The van der Waals surface area contributed by atoms with Crippen LogP contribution in [-0.2, 0) is 0 Å². The lowest BCUT2D eigenvalue weighted by Crippen LogP contribution is -2.40. The van der Waals surface area contributed by atoms with Crippen LogP contribution >= 0.6 is 0 Å². The molecule has 4 nitrogen and oxygen atoms in total. The topological polar surface area (TPSA) is 40.5 Å². The van der Waals surface area contributed by atoms with E-state index in [0.29, 0.717) is 19.6 Å². The van der Waals surface area contributed by atoms with Gasteiger partial charge in [0, 0.05) is 19.3 Å². The minimum Gasteiger partial charge on any atom is -0.375 e. The second-order valence-corrected chi connectivity index (χ2v) is 5.45. The van der Waals surface area contributed by atoms with E-state index in [-0.39, 0.29) is 0 Å². The van der Waals surface area contributed by atoms with E-state index in [1.165, 1.54) is 0 Å². The molecular weight excluding hydrogens is 262 g/mol. The molecule has 2 atom stereocenters. The highest BCUT2D eigenvalue weighted by Crippen LogP contribution is 2.59. The maximum atomic E-state index is 13.2. The highest BCUT2D eigenvalue weighted by molar-refractivity contribution is 5.89. The summed E-state index contributed by atoms with van der Waals surface area (Å²) in [7, 11) is 0. The standard InChI is InChI=1S/C14H14F2N4/c15-14(16)9-7-20(8-10(9)14)13-6-18-12(5-19-13)11-3-1-2-4-17-11/h1-5,9-10,18H,6-8H2. The predicted molar refractivity (Wildman–Crippen MR) is 71.2 cm³/mol. The smallest absolute Gasteiger partial charge is 0.258 e. The number of aromatic nitrogens is 1. The van der Waals surface area contributed by atoms with E-state index in [0.717, 1.165) is 17.2 Å². The Morgan fingerprint density at radius 2 is 2.05 bits per heavy atom. The van der Waals surface area contributed by atoms with Gasteiger partial charge in [-0.15, -0.1) is 0 Å². The van der Waals surface area contributed by atoms with Crippen LogP contribution in [0, 0.1) is 11.8 Å². The largest absolute Gasteiger partial charge is 0.375 e. The Morgan fingerprint density at radius 3 is 2.65 bits per heavy atom. The summed E-state index contributed by atoms with van der Waals surface area (Å²) in [6.45, 7) is 1.41. The van der Waals surface area contributed by atoms with Crippen LogP contribution in [-0.4, -0.2) is 41.3 Å². The molecule has 6 heteroatoms. The van der Waals surface area contributed by atoms with Crippen molar-refractivity contribution in [2.45, 2.75) is 5.92 Å². The van der Waals surface area contributed by atoms with Crippen molar-refractivity contribution in [1.29, 1.82) is 0 Å². The first kappa shape index (κ1) is 11.8. The van der Waals surface area contributed by atoms with Crippen molar-refractivity contribution in [3.8, 4) is 0 Å². The fraction of sp³-hybridized carbons (Fsp3) is 0.429. The molecule has 0 amide bonds. The zero-order valence-electron chi connectivity index (χ0n) is 10.8. The summed E-state index contributed by atoms with van der Waals surface area (Å²) < 4.78 is 26.3. The van der Waals surface area contributed by atoms with Crippen molar-refractivity contribution >= 4 is 11.5 Å². The first-order valence-electron chi connectivity index (χ1n) is 6.71. The molecule has 1 saturated carbocycles. The molecule has 104 valence electrons. The van der Waals surface area contributed by atoms with E-state index < -0.39 is 17.8 Å². The molecule has 0 radical (unpaired) electrons. The molecule has 2 fully saturated rings. The number of amidine groups is 1. The number of hydrogen-bond acceptors (Lipinski definition) is 4. The summed E-state index contributed by atoms with van der Waals surface area (Å²) in [5, 5.41) is 3.25. The van der Waals surface area contributed by atoms with E-state index in [1.54, 1.807) is 12.4 Å². The third kappa shape index (κ3) is 1.71. The van der Waals surface area contributed by atoms with Crippen LogP contribution in [0.15, 0.2) is 35.6 Å². The number of piperidine rings is 1. The van der Waals surface area contributed by atoms with Crippen molar-refractivity contribution in [2.75, 3.05) is 19.6 Å². The van der Waals surface area contributed by atoms with Gasteiger partial charge in [-0.2, -0.15) is 0 Å². The first-order valence-corrected chi connectivity index (χ1v) is 6.71. The highest BCUT2D eigenvalue weighted by atomic mass is 19.3. The number of aliphatic imine (C=N–C) groups is 1. The Balaban J connectivity index is 1.48. The van der Waals surface area contributed by atoms with Gasteiger partial charge in [-0.05, 0) is 12.1 Å². The molecule has 4 rings (SSSR count). The van der Waals surface area contributed by atoms with E-state index in [9.17, 15) is 8.78 Å². The van der Waals surface area contributed by atoms with Gasteiger partial charge in [-0.25, -0.2) is 13.8 Å². The summed E-state index contributed by atoms with van der Waals surface area (Å²) in [6, 6.07) is 5.68. The van der Waals surface area contributed by atoms with Crippen molar-refractivity contribution in [3.63, 3.8) is 0 Å². The van der Waals surface area contributed by atoms with E-state index in [4.69, 9.17) is 0 Å². The number of pyridine rings is 1. The Labute approximate surface area is 115 Å². The number of fused-ring (bicyclic) bond motifs is 1. The highest BCUT2D eigenvalue weighted by Gasteiger charge is 2.71. The first-order chi connectivity index (χ1) is 9.66. The summed E-state index contributed by atoms with van der Waals surface area (Å²) in [5.74, 6) is -2.53. The van der Waals surface area contributed by atoms with Crippen LogP contribution in [0.4, 0.5) is 8.78 Å². The van der Waals surface area contributed by atoms with Gasteiger partial charge in [0.05, 0.1) is 36.0 Å².